The lowest BCUT2D eigenvalue weighted by Crippen LogP contribution is -2.34. The molecule has 0 amide bonds. The van der Waals surface area contributed by atoms with Crippen LogP contribution in [0.1, 0.15) is 18.7 Å². The average Bonchev–Trinajstić information content (AvgIpc) is 2.84. The molecule has 0 saturated heterocycles. The molecule has 1 aromatic heterocycles. The minimum absolute atomic E-state index is 0.107. The Morgan fingerprint density at radius 2 is 2.10 bits per heavy atom. The molecule has 0 radical (unpaired) electrons. The number of aromatic amines is 1. The van der Waals surface area contributed by atoms with Gasteiger partial charge in [-0.25, -0.2) is 4.79 Å². The standard InChI is InChI=1S/C13H19N2O5P/c1-4-9-7-15(13(17)14-12(9)16)10-5-6-11(20-10)19-8-21(2,3)18/h5-7,10-11H,4,8H2,1-3H3,(H,14,16,17). The molecule has 21 heavy (non-hydrogen) atoms. The van der Waals surface area contributed by atoms with Crippen molar-refractivity contribution in [2.45, 2.75) is 25.9 Å². The Labute approximate surface area is 122 Å². The van der Waals surface area contributed by atoms with Gasteiger partial charge in [0.25, 0.3) is 5.56 Å². The van der Waals surface area contributed by atoms with Gasteiger partial charge in [-0.15, -0.1) is 0 Å². The summed E-state index contributed by atoms with van der Waals surface area (Å²) in [7, 11) is -2.29. The highest BCUT2D eigenvalue weighted by Crippen LogP contribution is 2.36. The first-order chi connectivity index (χ1) is 9.80. The number of ether oxygens (including phenoxy) is 2. The van der Waals surface area contributed by atoms with E-state index in [-0.39, 0.29) is 11.9 Å². The van der Waals surface area contributed by atoms with Gasteiger partial charge in [0.05, 0.1) is 0 Å². The molecule has 0 aliphatic carbocycles. The van der Waals surface area contributed by atoms with Crippen molar-refractivity contribution in [3.8, 4) is 0 Å². The lowest BCUT2D eigenvalue weighted by atomic mass is 10.2. The fourth-order valence-electron chi connectivity index (χ4n) is 1.89. The summed E-state index contributed by atoms with van der Waals surface area (Å²) in [6.07, 6.45) is 4.15. The summed E-state index contributed by atoms with van der Waals surface area (Å²) < 4.78 is 23.8. The van der Waals surface area contributed by atoms with Gasteiger partial charge < -0.3 is 14.0 Å². The van der Waals surface area contributed by atoms with E-state index in [4.69, 9.17) is 9.47 Å². The van der Waals surface area contributed by atoms with Crippen LogP contribution >= 0.6 is 7.14 Å². The van der Waals surface area contributed by atoms with Gasteiger partial charge in [0.1, 0.15) is 13.5 Å². The maximum Gasteiger partial charge on any atom is 0.330 e. The first-order valence-electron chi connectivity index (χ1n) is 6.64. The SMILES string of the molecule is CCc1cn(C2C=CC(OCP(C)(C)=O)O2)c(=O)[nH]c1=O. The summed E-state index contributed by atoms with van der Waals surface area (Å²) >= 11 is 0. The molecule has 0 saturated carbocycles. The van der Waals surface area contributed by atoms with Crippen LogP contribution in [0.5, 0.6) is 0 Å². The Morgan fingerprint density at radius 1 is 1.38 bits per heavy atom. The Kier molecular flexibility index (Phi) is 4.66. The van der Waals surface area contributed by atoms with E-state index in [0.717, 1.165) is 0 Å². The van der Waals surface area contributed by atoms with Crippen molar-refractivity contribution in [3.63, 3.8) is 0 Å². The summed E-state index contributed by atoms with van der Waals surface area (Å²) in [6.45, 7) is 5.09. The summed E-state index contributed by atoms with van der Waals surface area (Å²) in [4.78, 5) is 25.6. The van der Waals surface area contributed by atoms with Crippen LogP contribution in [0.4, 0.5) is 0 Å². The molecule has 116 valence electrons. The summed E-state index contributed by atoms with van der Waals surface area (Å²) in [5.41, 5.74) is -0.418. The number of aromatic nitrogens is 2. The van der Waals surface area contributed by atoms with Crippen LogP contribution in [0.25, 0.3) is 0 Å². The van der Waals surface area contributed by atoms with Gasteiger partial charge >= 0.3 is 5.69 Å². The zero-order valence-corrected chi connectivity index (χ0v) is 13.1. The zero-order valence-electron chi connectivity index (χ0n) is 12.2. The third kappa shape index (κ3) is 4.03. The molecule has 0 fully saturated rings. The van der Waals surface area contributed by atoms with Gasteiger partial charge in [-0.1, -0.05) is 6.92 Å². The molecule has 2 rings (SSSR count). The third-order valence-corrected chi connectivity index (χ3v) is 3.72. The van der Waals surface area contributed by atoms with Crippen LogP contribution < -0.4 is 11.2 Å². The monoisotopic (exact) mass is 314 g/mol. The van der Waals surface area contributed by atoms with Crippen molar-refractivity contribution >= 4 is 7.14 Å². The van der Waals surface area contributed by atoms with Crippen LogP contribution in [-0.4, -0.2) is 35.5 Å². The second kappa shape index (κ2) is 6.13. The van der Waals surface area contributed by atoms with E-state index in [1.54, 1.807) is 25.5 Å². The molecule has 2 heterocycles. The molecule has 2 atom stereocenters. The van der Waals surface area contributed by atoms with Crippen LogP contribution in [0.3, 0.4) is 0 Å². The van der Waals surface area contributed by atoms with Crippen LogP contribution in [0.2, 0.25) is 0 Å². The highest BCUT2D eigenvalue weighted by Gasteiger charge is 2.24. The van der Waals surface area contributed by atoms with E-state index in [9.17, 15) is 14.2 Å². The predicted molar refractivity (Wildman–Crippen MR) is 79.2 cm³/mol. The lowest BCUT2D eigenvalue weighted by Gasteiger charge is -2.17. The van der Waals surface area contributed by atoms with E-state index in [1.165, 1.54) is 10.8 Å². The second-order valence-electron chi connectivity index (χ2n) is 5.32. The number of hydrogen-bond acceptors (Lipinski definition) is 5. The quantitative estimate of drug-likeness (QED) is 0.649. The molecule has 2 unspecified atom stereocenters. The third-order valence-electron chi connectivity index (χ3n) is 2.95. The van der Waals surface area contributed by atoms with E-state index < -0.39 is 25.3 Å². The Morgan fingerprint density at radius 3 is 2.71 bits per heavy atom. The number of nitrogens with zero attached hydrogens (tertiary/aromatic N) is 1. The number of hydrogen-bond donors (Lipinski definition) is 1. The van der Waals surface area contributed by atoms with Crippen LogP contribution in [0, 0.1) is 0 Å². The largest absolute Gasteiger partial charge is 0.341 e. The van der Waals surface area contributed by atoms with Crippen LogP contribution in [-0.2, 0) is 20.5 Å². The van der Waals surface area contributed by atoms with Crippen molar-refractivity contribution in [1.82, 2.24) is 9.55 Å². The minimum Gasteiger partial charge on any atom is -0.341 e. The Bertz CT molecular complexity index is 699. The highest BCUT2D eigenvalue weighted by atomic mass is 31.2. The summed E-state index contributed by atoms with van der Waals surface area (Å²) in [5, 5.41) is 0. The van der Waals surface area contributed by atoms with Gasteiger partial charge in [0, 0.05) is 11.8 Å². The van der Waals surface area contributed by atoms with Gasteiger partial charge in [-0.2, -0.15) is 0 Å². The number of rotatable bonds is 5. The lowest BCUT2D eigenvalue weighted by molar-refractivity contribution is -0.125. The van der Waals surface area contributed by atoms with Crippen molar-refractivity contribution in [2.24, 2.45) is 0 Å². The molecule has 0 spiro atoms. The molecule has 0 aromatic carbocycles. The van der Waals surface area contributed by atoms with E-state index >= 15 is 0 Å². The van der Waals surface area contributed by atoms with Crippen LogP contribution in [0.15, 0.2) is 27.9 Å². The van der Waals surface area contributed by atoms with Gasteiger partial charge in [-0.05, 0) is 31.9 Å². The highest BCUT2D eigenvalue weighted by molar-refractivity contribution is 7.62. The van der Waals surface area contributed by atoms with Crippen molar-refractivity contribution in [1.29, 1.82) is 0 Å². The smallest absolute Gasteiger partial charge is 0.330 e. The van der Waals surface area contributed by atoms with Crippen molar-refractivity contribution in [3.05, 3.63) is 44.8 Å². The van der Waals surface area contributed by atoms with Gasteiger partial charge in [-0.3, -0.25) is 14.3 Å². The van der Waals surface area contributed by atoms with Gasteiger partial charge in [0.2, 0.25) is 0 Å². The number of aryl methyl sites for hydroxylation is 1. The molecule has 0 bridgehead atoms. The zero-order chi connectivity index (χ0) is 15.6. The fourth-order valence-corrected chi connectivity index (χ4v) is 2.39. The molecular weight excluding hydrogens is 295 g/mol. The molecule has 1 aromatic rings. The van der Waals surface area contributed by atoms with E-state index in [1.807, 2.05) is 6.92 Å². The fraction of sp³-hybridized carbons (Fsp3) is 0.538. The van der Waals surface area contributed by atoms with E-state index in [2.05, 4.69) is 4.98 Å². The first kappa shape index (κ1) is 15.9. The average molecular weight is 314 g/mol. The first-order valence-corrected chi connectivity index (χ1v) is 9.42. The second-order valence-corrected chi connectivity index (χ2v) is 8.73. The normalized spacial score (nSPS) is 21.9. The molecule has 8 heteroatoms. The minimum atomic E-state index is -2.29. The predicted octanol–water partition coefficient (Wildman–Crippen LogP) is 1.11. The maximum atomic E-state index is 11.8. The number of H-pyrrole nitrogens is 1. The maximum absolute atomic E-state index is 11.8. The molecule has 1 aliphatic rings. The molecule has 7 nitrogen and oxygen atoms in total. The summed E-state index contributed by atoms with van der Waals surface area (Å²) in [6, 6.07) is 0. The topological polar surface area (TPSA) is 90.4 Å². The van der Waals surface area contributed by atoms with Crippen molar-refractivity contribution in [2.75, 3.05) is 19.7 Å². The van der Waals surface area contributed by atoms with Crippen molar-refractivity contribution < 1.29 is 14.0 Å². The molecule has 1 aliphatic heterocycles. The molecule has 1 N–H and O–H groups in total. The van der Waals surface area contributed by atoms with Gasteiger partial charge in [0.15, 0.2) is 12.5 Å². The number of nitrogens with one attached hydrogen (secondary N) is 1. The van der Waals surface area contributed by atoms with E-state index in [0.29, 0.717) is 12.0 Å². The Hall–Kier alpha value is -1.43. The summed E-state index contributed by atoms with van der Waals surface area (Å²) in [5.74, 6) is 0. The molecular formula is C13H19N2O5P. The Balaban J connectivity index is 2.12.